The van der Waals surface area contributed by atoms with Crippen molar-refractivity contribution >= 4 is 19.3 Å². The number of carboxylic acids is 2. The van der Waals surface area contributed by atoms with Crippen molar-refractivity contribution < 1.29 is 42.4 Å². The van der Waals surface area contributed by atoms with Crippen LogP contribution in [0.3, 0.4) is 0 Å². The maximum Gasteiger partial charge on any atom is 0.490 e. The van der Waals surface area contributed by atoms with Crippen LogP contribution in [0.1, 0.15) is 44.9 Å². The molecule has 2 atom stereocenters. The van der Waals surface area contributed by atoms with Gasteiger partial charge in [-0.25, -0.2) is 4.79 Å². The second kappa shape index (κ2) is 9.39. The van der Waals surface area contributed by atoms with Gasteiger partial charge in [0, 0.05) is 6.16 Å². The molecule has 0 bridgehead atoms. The van der Waals surface area contributed by atoms with Gasteiger partial charge in [0.25, 0.3) is 0 Å². The molecule has 24 heavy (non-hydrogen) atoms. The van der Waals surface area contributed by atoms with Gasteiger partial charge in [0.2, 0.25) is 7.37 Å². The van der Waals surface area contributed by atoms with Crippen LogP contribution < -0.4 is 5.73 Å². The summed E-state index contributed by atoms with van der Waals surface area (Å²) in [5.41, 5.74) is 5.38. The topological polar surface area (TPSA) is 138 Å². The second-order valence-electron chi connectivity index (χ2n) is 5.62. The van der Waals surface area contributed by atoms with Gasteiger partial charge >= 0.3 is 18.1 Å². The number of hydrogen-bond donors (Lipinski definition) is 4. The van der Waals surface area contributed by atoms with Crippen molar-refractivity contribution in [3.05, 3.63) is 0 Å². The first kappa shape index (κ1) is 22.9. The van der Waals surface area contributed by atoms with E-state index in [2.05, 4.69) is 0 Å². The smallest absolute Gasteiger partial charge is 0.480 e. The SMILES string of the molecule is NCCCCC1(C(=O)O)CCCCCP1(=O)O.O=C(O)C(F)(F)F. The molecule has 1 rings (SSSR count). The number of aliphatic carboxylic acids is 2. The predicted molar refractivity (Wildman–Crippen MR) is 80.1 cm³/mol. The molecule has 0 aromatic heterocycles. The number of halogens is 3. The lowest BCUT2D eigenvalue weighted by Gasteiger charge is -2.32. The van der Waals surface area contributed by atoms with Gasteiger partial charge in [0.05, 0.1) is 0 Å². The summed E-state index contributed by atoms with van der Waals surface area (Å²) in [4.78, 5) is 30.4. The first-order valence-electron chi connectivity index (χ1n) is 7.46. The van der Waals surface area contributed by atoms with Gasteiger partial charge in [-0.1, -0.05) is 19.3 Å². The molecule has 5 N–H and O–H groups in total. The molecule has 0 aromatic carbocycles. The highest BCUT2D eigenvalue weighted by molar-refractivity contribution is 7.60. The second-order valence-corrected chi connectivity index (χ2v) is 8.33. The van der Waals surface area contributed by atoms with Crippen molar-refractivity contribution in [3.63, 3.8) is 0 Å². The summed E-state index contributed by atoms with van der Waals surface area (Å²) in [6.07, 6.45) is -0.825. The zero-order valence-electron chi connectivity index (χ0n) is 13.1. The van der Waals surface area contributed by atoms with E-state index in [9.17, 15) is 32.5 Å². The van der Waals surface area contributed by atoms with Gasteiger partial charge in [0.1, 0.15) is 5.16 Å². The lowest BCUT2D eigenvalue weighted by molar-refractivity contribution is -0.192. The van der Waals surface area contributed by atoms with Crippen molar-refractivity contribution in [1.82, 2.24) is 0 Å². The normalized spacial score (nSPS) is 27.5. The Bertz CT molecular complexity index is 485. The number of nitrogens with two attached hydrogens (primary N) is 1. The summed E-state index contributed by atoms with van der Waals surface area (Å²) in [5, 5.41) is 15.1. The van der Waals surface area contributed by atoms with Crippen molar-refractivity contribution in [2.24, 2.45) is 5.73 Å². The summed E-state index contributed by atoms with van der Waals surface area (Å²) in [5.74, 6) is -3.87. The van der Waals surface area contributed by atoms with E-state index in [1.807, 2.05) is 0 Å². The monoisotopic (exact) mass is 377 g/mol. The van der Waals surface area contributed by atoms with Crippen LogP contribution in [0.4, 0.5) is 13.2 Å². The molecule has 0 spiro atoms. The van der Waals surface area contributed by atoms with E-state index in [-0.39, 0.29) is 12.6 Å². The van der Waals surface area contributed by atoms with Gasteiger partial charge in [-0.05, 0) is 32.2 Å². The molecule has 142 valence electrons. The van der Waals surface area contributed by atoms with Crippen molar-refractivity contribution in [3.8, 4) is 0 Å². The fourth-order valence-corrected chi connectivity index (χ4v) is 4.93. The summed E-state index contributed by atoms with van der Waals surface area (Å²) >= 11 is 0. The number of carbonyl (C=O) groups is 2. The average Bonchev–Trinajstić information content (AvgIpc) is 2.58. The van der Waals surface area contributed by atoms with Crippen molar-refractivity contribution in [2.45, 2.75) is 56.3 Å². The molecule has 0 radical (unpaired) electrons. The molecule has 0 saturated carbocycles. The van der Waals surface area contributed by atoms with E-state index < -0.39 is 30.6 Å². The minimum atomic E-state index is -5.08. The zero-order valence-corrected chi connectivity index (χ0v) is 14.0. The Morgan fingerprint density at radius 1 is 1.12 bits per heavy atom. The first-order chi connectivity index (χ1) is 10.9. The van der Waals surface area contributed by atoms with E-state index in [4.69, 9.17) is 15.6 Å². The molecule has 1 fully saturated rings. The highest BCUT2D eigenvalue weighted by atomic mass is 31.2. The van der Waals surface area contributed by atoms with E-state index in [1.165, 1.54) is 0 Å². The molecule has 11 heteroatoms. The molecule has 1 aliphatic rings. The molecular formula is C13H23F3NO6P. The molecule has 1 heterocycles. The van der Waals surface area contributed by atoms with Crippen LogP contribution in [-0.2, 0) is 14.2 Å². The van der Waals surface area contributed by atoms with E-state index >= 15 is 0 Å². The quantitative estimate of drug-likeness (QED) is 0.426. The summed E-state index contributed by atoms with van der Waals surface area (Å²) in [6, 6.07) is 0. The summed E-state index contributed by atoms with van der Waals surface area (Å²) in [7, 11) is -3.61. The van der Waals surface area contributed by atoms with E-state index in [0.29, 0.717) is 32.2 Å². The van der Waals surface area contributed by atoms with Crippen LogP contribution in [-0.4, -0.2) is 51.1 Å². The average molecular weight is 377 g/mol. The van der Waals surface area contributed by atoms with Gasteiger partial charge in [-0.2, -0.15) is 13.2 Å². The van der Waals surface area contributed by atoms with Gasteiger partial charge in [-0.3, -0.25) is 9.36 Å². The van der Waals surface area contributed by atoms with Crippen LogP contribution in [0.2, 0.25) is 0 Å². The maximum absolute atomic E-state index is 12.3. The highest BCUT2D eigenvalue weighted by Gasteiger charge is 2.53. The minimum absolute atomic E-state index is 0.141. The molecular weight excluding hydrogens is 354 g/mol. The van der Waals surface area contributed by atoms with Crippen LogP contribution in [0.15, 0.2) is 0 Å². The summed E-state index contributed by atoms with van der Waals surface area (Å²) in [6.45, 7) is 0.491. The Labute approximate surface area is 137 Å². The molecule has 1 saturated heterocycles. The number of carboxylic acid groups (broad SMARTS) is 2. The maximum atomic E-state index is 12.3. The molecule has 0 aliphatic carbocycles. The van der Waals surface area contributed by atoms with Crippen LogP contribution in [0, 0.1) is 0 Å². The van der Waals surface area contributed by atoms with Crippen LogP contribution >= 0.6 is 7.37 Å². The van der Waals surface area contributed by atoms with E-state index in [0.717, 1.165) is 12.8 Å². The standard InChI is InChI=1S/C11H22NO4P.C2HF3O2/c12-8-4-3-7-11(10(13)14)6-2-1-5-9-17(11,15)16;3-2(4,5)1(6)7/h1-9,12H2,(H,13,14)(H,15,16);(H,6,7). The third-order valence-electron chi connectivity index (χ3n) is 3.91. The predicted octanol–water partition coefficient (Wildman–Crippen LogP) is 2.42. The molecule has 7 nitrogen and oxygen atoms in total. The molecule has 2 unspecified atom stereocenters. The van der Waals surface area contributed by atoms with Gasteiger partial charge in [0.15, 0.2) is 0 Å². The Morgan fingerprint density at radius 3 is 2.08 bits per heavy atom. The fraction of sp³-hybridized carbons (Fsp3) is 0.846. The lowest BCUT2D eigenvalue weighted by Crippen LogP contribution is -2.38. The third-order valence-corrected chi connectivity index (χ3v) is 6.80. The third kappa shape index (κ3) is 6.41. The highest BCUT2D eigenvalue weighted by Crippen LogP contribution is 2.61. The minimum Gasteiger partial charge on any atom is -0.480 e. The Kier molecular flexibility index (Phi) is 8.95. The number of hydrogen-bond acceptors (Lipinski definition) is 4. The zero-order chi connectivity index (χ0) is 19.0. The van der Waals surface area contributed by atoms with Crippen LogP contribution in [0.25, 0.3) is 0 Å². The lowest BCUT2D eigenvalue weighted by atomic mass is 9.94. The Balaban J connectivity index is 0.000000640. The Hall–Kier alpha value is -1.12. The van der Waals surface area contributed by atoms with E-state index in [1.54, 1.807) is 0 Å². The van der Waals surface area contributed by atoms with Crippen molar-refractivity contribution in [1.29, 1.82) is 0 Å². The molecule has 1 aliphatic heterocycles. The molecule has 0 amide bonds. The van der Waals surface area contributed by atoms with Crippen molar-refractivity contribution in [2.75, 3.05) is 12.7 Å². The Morgan fingerprint density at radius 2 is 1.67 bits per heavy atom. The van der Waals surface area contributed by atoms with Crippen LogP contribution in [0.5, 0.6) is 0 Å². The van der Waals surface area contributed by atoms with Gasteiger partial charge < -0.3 is 20.8 Å². The summed E-state index contributed by atoms with van der Waals surface area (Å²) < 4.78 is 44.0. The number of unbranched alkanes of at least 4 members (excludes halogenated alkanes) is 1. The van der Waals surface area contributed by atoms with Gasteiger partial charge in [-0.15, -0.1) is 0 Å². The fourth-order valence-electron chi connectivity index (χ4n) is 2.53. The number of rotatable bonds is 5. The first-order valence-corrected chi connectivity index (χ1v) is 9.30. The number of alkyl halides is 3. The largest absolute Gasteiger partial charge is 0.490 e. The molecule has 0 aromatic rings.